The number of fused-ring (bicyclic) bond motifs is 2. The van der Waals surface area contributed by atoms with E-state index in [0.29, 0.717) is 34.6 Å². The van der Waals surface area contributed by atoms with Crippen molar-refractivity contribution in [2.24, 2.45) is 11.5 Å². The molecule has 254 valence electrons. The van der Waals surface area contributed by atoms with E-state index < -0.39 is 65.1 Å². The number of amides is 4. The monoisotopic (exact) mass is 696 g/mol. The highest BCUT2D eigenvalue weighted by molar-refractivity contribution is 8.00. The molecule has 4 heterocycles. The highest BCUT2D eigenvalue weighted by Gasteiger charge is 2.55. The van der Waals surface area contributed by atoms with Crippen LogP contribution in [-0.2, 0) is 28.8 Å². The molecule has 6 rings (SSSR count). The van der Waals surface area contributed by atoms with E-state index in [0.717, 1.165) is 12.0 Å². The minimum atomic E-state index is -1.13. The summed E-state index contributed by atoms with van der Waals surface area (Å²) in [4.78, 5) is 74.5. The van der Waals surface area contributed by atoms with Gasteiger partial charge in [-0.1, -0.05) is 48.6 Å². The molecule has 2 saturated heterocycles. The molecule has 0 aromatic heterocycles. The molecule has 14 nitrogen and oxygen atoms in total. The van der Waals surface area contributed by atoms with Crippen molar-refractivity contribution < 1.29 is 39.0 Å². The molecule has 16 heteroatoms. The zero-order valence-corrected chi connectivity index (χ0v) is 27.8. The fraction of sp³-hybridized carbons (Fsp3) is 0.375. The molecule has 5 aliphatic rings. The van der Waals surface area contributed by atoms with Gasteiger partial charge in [0.2, 0.25) is 11.8 Å². The van der Waals surface area contributed by atoms with E-state index >= 15 is 0 Å². The summed E-state index contributed by atoms with van der Waals surface area (Å²) in [6.45, 7) is 3.39. The Labute approximate surface area is 284 Å². The van der Waals surface area contributed by atoms with Crippen molar-refractivity contribution >= 4 is 59.1 Å². The summed E-state index contributed by atoms with van der Waals surface area (Å²) in [6.07, 6.45) is 7.26. The number of carboxylic acid groups (broad SMARTS) is 2. The SMILES string of the molecule is CC1=C(C(=O)O)N2C(=O)[C@@H](NC(=O)[C@H](N)C3=CCC=CC3)[C@H]2SC1.CC1=C(C(=O)O)N2C(=O)[C@@H](NC(=O)[C@H](N)c3ccccc3)[C@H]2SC1. The molecule has 0 bridgehead atoms. The first-order valence-corrected chi connectivity index (χ1v) is 17.2. The lowest BCUT2D eigenvalue weighted by molar-refractivity contribution is -0.150. The van der Waals surface area contributed by atoms with E-state index in [1.54, 1.807) is 38.1 Å². The Kier molecular flexibility index (Phi) is 10.5. The Morgan fingerprint density at radius 3 is 1.71 bits per heavy atom. The third-order valence-electron chi connectivity index (χ3n) is 8.48. The summed E-state index contributed by atoms with van der Waals surface area (Å²) < 4.78 is 0. The van der Waals surface area contributed by atoms with Gasteiger partial charge >= 0.3 is 11.9 Å². The molecule has 8 N–H and O–H groups in total. The topological polar surface area (TPSA) is 225 Å². The lowest BCUT2D eigenvalue weighted by Crippen LogP contribution is -2.71. The number of carbonyl (C=O) groups excluding carboxylic acids is 4. The number of nitrogens with zero attached hydrogens (tertiary/aromatic N) is 2. The molecular formula is C32H36N6O8S2. The minimum Gasteiger partial charge on any atom is -0.477 e. The second-order valence-corrected chi connectivity index (χ2v) is 13.9. The number of aliphatic carboxylic acids is 2. The first kappa shape index (κ1) is 34.9. The van der Waals surface area contributed by atoms with Gasteiger partial charge in [0.25, 0.3) is 11.8 Å². The maximum absolute atomic E-state index is 12.3. The second kappa shape index (κ2) is 14.4. The van der Waals surface area contributed by atoms with Gasteiger partial charge in [-0.05, 0) is 49.0 Å². The maximum Gasteiger partial charge on any atom is 0.352 e. The highest BCUT2D eigenvalue weighted by Crippen LogP contribution is 2.41. The van der Waals surface area contributed by atoms with Crippen LogP contribution < -0.4 is 22.1 Å². The Bertz CT molecular complexity index is 1670. The maximum atomic E-state index is 12.3. The molecule has 0 unspecified atom stereocenters. The van der Waals surface area contributed by atoms with Gasteiger partial charge in [-0.3, -0.25) is 29.0 Å². The van der Waals surface area contributed by atoms with Crippen LogP contribution in [0.15, 0.2) is 76.7 Å². The quantitative estimate of drug-likeness (QED) is 0.164. The number of thioether (sulfide) groups is 2. The molecular weight excluding hydrogens is 661 g/mol. The normalized spacial score (nSPS) is 25.6. The molecule has 0 spiro atoms. The first-order valence-electron chi connectivity index (χ1n) is 15.1. The predicted molar refractivity (Wildman–Crippen MR) is 179 cm³/mol. The summed E-state index contributed by atoms with van der Waals surface area (Å²) in [5.41, 5.74) is 14.7. The molecule has 48 heavy (non-hydrogen) atoms. The molecule has 0 radical (unpaired) electrons. The predicted octanol–water partition coefficient (Wildman–Crippen LogP) is 0.794. The molecule has 0 saturated carbocycles. The summed E-state index contributed by atoms with van der Waals surface area (Å²) >= 11 is 2.88. The second-order valence-electron chi connectivity index (χ2n) is 11.7. The molecule has 6 atom stereocenters. The fourth-order valence-electron chi connectivity index (χ4n) is 5.89. The van der Waals surface area contributed by atoms with Crippen LogP contribution in [0.1, 0.15) is 38.3 Å². The highest BCUT2D eigenvalue weighted by atomic mass is 32.2. The smallest absolute Gasteiger partial charge is 0.352 e. The van der Waals surface area contributed by atoms with Gasteiger partial charge in [0.1, 0.15) is 46.3 Å². The van der Waals surface area contributed by atoms with Crippen molar-refractivity contribution in [2.45, 2.75) is 61.6 Å². The van der Waals surface area contributed by atoms with Crippen molar-refractivity contribution in [3.8, 4) is 0 Å². The number of allylic oxidation sites excluding steroid dienone is 3. The van der Waals surface area contributed by atoms with E-state index in [-0.39, 0.29) is 16.8 Å². The number of nitrogens with two attached hydrogens (primary N) is 2. The van der Waals surface area contributed by atoms with E-state index in [4.69, 9.17) is 11.5 Å². The van der Waals surface area contributed by atoms with Crippen LogP contribution in [0.25, 0.3) is 0 Å². The number of rotatable bonds is 8. The van der Waals surface area contributed by atoms with Crippen LogP contribution in [0.5, 0.6) is 0 Å². The van der Waals surface area contributed by atoms with Crippen molar-refractivity contribution in [1.82, 2.24) is 20.4 Å². The largest absolute Gasteiger partial charge is 0.477 e. The summed E-state index contributed by atoms with van der Waals surface area (Å²) in [7, 11) is 0. The van der Waals surface area contributed by atoms with Crippen LogP contribution in [0, 0.1) is 0 Å². The lowest BCUT2D eigenvalue weighted by Gasteiger charge is -2.49. The van der Waals surface area contributed by atoms with Gasteiger partial charge in [-0.25, -0.2) is 9.59 Å². The zero-order valence-electron chi connectivity index (χ0n) is 26.1. The van der Waals surface area contributed by atoms with Crippen LogP contribution >= 0.6 is 23.5 Å². The zero-order chi connectivity index (χ0) is 34.9. The first-order chi connectivity index (χ1) is 22.8. The number of hydrogen-bond donors (Lipinski definition) is 6. The molecule has 1 aromatic carbocycles. The summed E-state index contributed by atoms with van der Waals surface area (Å²) in [5, 5.41) is 23.1. The van der Waals surface area contributed by atoms with E-state index in [1.807, 2.05) is 24.3 Å². The molecule has 1 aliphatic carbocycles. The number of hydrogen-bond acceptors (Lipinski definition) is 10. The Balaban J connectivity index is 0.000000188. The average molecular weight is 697 g/mol. The van der Waals surface area contributed by atoms with Crippen LogP contribution in [-0.4, -0.2) is 96.0 Å². The number of carboxylic acids is 2. The van der Waals surface area contributed by atoms with Crippen molar-refractivity contribution in [3.63, 3.8) is 0 Å². The van der Waals surface area contributed by atoms with Crippen molar-refractivity contribution in [1.29, 1.82) is 0 Å². The molecule has 2 fully saturated rings. The van der Waals surface area contributed by atoms with Gasteiger partial charge < -0.3 is 32.3 Å². The fourth-order valence-corrected chi connectivity index (χ4v) is 8.47. The summed E-state index contributed by atoms with van der Waals surface area (Å²) in [5.74, 6) is -2.90. The van der Waals surface area contributed by atoms with Crippen LogP contribution in [0.2, 0.25) is 0 Å². The third-order valence-corrected chi connectivity index (χ3v) is 11.3. The third kappa shape index (κ3) is 6.65. The lowest BCUT2D eigenvalue weighted by atomic mass is 9.97. The molecule has 1 aromatic rings. The number of benzene rings is 1. The Morgan fingerprint density at radius 2 is 1.27 bits per heavy atom. The van der Waals surface area contributed by atoms with Crippen molar-refractivity contribution in [2.75, 3.05) is 11.5 Å². The van der Waals surface area contributed by atoms with Crippen molar-refractivity contribution in [3.05, 3.63) is 82.2 Å². The summed E-state index contributed by atoms with van der Waals surface area (Å²) in [6, 6.07) is 5.72. The molecule has 4 aliphatic heterocycles. The van der Waals surface area contributed by atoms with Gasteiger partial charge in [0.05, 0.1) is 0 Å². The van der Waals surface area contributed by atoms with Gasteiger partial charge in [0.15, 0.2) is 0 Å². The standard InChI is InChI=1S/C16H19N3O4S.C16H17N3O4S/c2*1-8-7-24-15-11(14(21)19(15)12(8)16(22)23)18-13(20)10(17)9-5-3-2-4-6-9/h2-3,6,10-11,15H,4-5,7,17H2,1H3,(H,18,20)(H,22,23);2-6,10-11,15H,7,17H2,1H3,(H,18,20)(H,22,23)/t2*10-,11-,15-/m11/s1. The molecule has 4 amide bonds. The van der Waals surface area contributed by atoms with E-state index in [1.165, 1.54) is 33.3 Å². The number of carbonyl (C=O) groups is 6. The average Bonchev–Trinajstić information content (AvgIpc) is 3.09. The minimum absolute atomic E-state index is 0.0154. The number of β-lactam (4-membered cyclic amide) rings is 2. The Morgan fingerprint density at radius 1 is 0.792 bits per heavy atom. The van der Waals surface area contributed by atoms with Crippen LogP contribution in [0.3, 0.4) is 0 Å². The Hall–Kier alpha value is -4.38. The van der Waals surface area contributed by atoms with E-state index in [9.17, 15) is 39.0 Å². The number of nitrogens with one attached hydrogen (secondary N) is 2. The van der Waals surface area contributed by atoms with E-state index in [2.05, 4.69) is 10.6 Å². The van der Waals surface area contributed by atoms with Gasteiger partial charge in [-0.15, -0.1) is 23.5 Å². The van der Waals surface area contributed by atoms with Crippen LogP contribution in [0.4, 0.5) is 0 Å². The van der Waals surface area contributed by atoms with Gasteiger partial charge in [-0.2, -0.15) is 0 Å². The van der Waals surface area contributed by atoms with Gasteiger partial charge in [0, 0.05) is 11.5 Å².